The van der Waals surface area contributed by atoms with Gasteiger partial charge in [0.05, 0.1) is 6.10 Å². The molecule has 2 rings (SSSR count). The van der Waals surface area contributed by atoms with Crippen LogP contribution in [-0.4, -0.2) is 19.3 Å². The minimum Gasteiger partial charge on any atom is -0.377 e. The Balaban J connectivity index is 1.71. The zero-order valence-electron chi connectivity index (χ0n) is 9.33. The number of aryl methyl sites for hydroxylation is 1. The van der Waals surface area contributed by atoms with E-state index in [9.17, 15) is 0 Å². The first-order valence-electron chi connectivity index (χ1n) is 5.72. The minimum absolute atomic E-state index is 0.440. The lowest BCUT2D eigenvalue weighted by Gasteiger charge is -2.10. The highest BCUT2D eigenvalue weighted by atomic mass is 16.5. The van der Waals surface area contributed by atoms with Crippen LogP contribution in [0.15, 0.2) is 24.3 Å². The van der Waals surface area contributed by atoms with Gasteiger partial charge in [-0.3, -0.25) is 0 Å². The number of ether oxygens (including phenoxy) is 1. The molecular formula is C13H19NO. The van der Waals surface area contributed by atoms with Crippen molar-refractivity contribution in [3.05, 3.63) is 35.4 Å². The fourth-order valence-corrected chi connectivity index (χ4v) is 1.89. The summed E-state index contributed by atoms with van der Waals surface area (Å²) in [5, 5.41) is 3.44. The van der Waals surface area contributed by atoms with Crippen LogP contribution in [0.3, 0.4) is 0 Å². The van der Waals surface area contributed by atoms with E-state index in [1.165, 1.54) is 24.0 Å². The maximum absolute atomic E-state index is 5.55. The first-order valence-corrected chi connectivity index (χ1v) is 5.72. The van der Waals surface area contributed by atoms with E-state index < -0.39 is 0 Å². The van der Waals surface area contributed by atoms with Gasteiger partial charge in [-0.1, -0.05) is 29.8 Å². The molecule has 1 aliphatic heterocycles. The van der Waals surface area contributed by atoms with Gasteiger partial charge in [0.25, 0.3) is 0 Å². The highest BCUT2D eigenvalue weighted by molar-refractivity contribution is 5.21. The third kappa shape index (κ3) is 3.33. The molecule has 1 aromatic carbocycles. The smallest absolute Gasteiger partial charge is 0.0700 e. The molecule has 1 unspecified atom stereocenters. The molecule has 1 heterocycles. The summed E-state index contributed by atoms with van der Waals surface area (Å²) in [4.78, 5) is 0. The molecule has 0 aliphatic carbocycles. The quantitative estimate of drug-likeness (QED) is 0.814. The van der Waals surface area contributed by atoms with E-state index in [-0.39, 0.29) is 0 Å². The summed E-state index contributed by atoms with van der Waals surface area (Å²) in [6, 6.07) is 8.67. The summed E-state index contributed by atoms with van der Waals surface area (Å²) in [5.74, 6) is 0. The Kier molecular flexibility index (Phi) is 3.75. The van der Waals surface area contributed by atoms with Gasteiger partial charge in [-0.25, -0.2) is 0 Å². The molecule has 1 saturated heterocycles. The summed E-state index contributed by atoms with van der Waals surface area (Å²) < 4.78 is 5.55. The second-order valence-corrected chi connectivity index (χ2v) is 4.25. The van der Waals surface area contributed by atoms with Crippen molar-refractivity contribution < 1.29 is 4.74 Å². The molecule has 1 atom stereocenters. The second kappa shape index (κ2) is 5.29. The van der Waals surface area contributed by atoms with Gasteiger partial charge in [0, 0.05) is 19.7 Å². The monoisotopic (exact) mass is 205 g/mol. The van der Waals surface area contributed by atoms with Crippen LogP contribution >= 0.6 is 0 Å². The van der Waals surface area contributed by atoms with Crippen molar-refractivity contribution in [1.29, 1.82) is 0 Å². The Labute approximate surface area is 91.6 Å². The summed E-state index contributed by atoms with van der Waals surface area (Å²) in [6.45, 7) is 4.98. The van der Waals surface area contributed by atoms with Crippen LogP contribution in [0.4, 0.5) is 0 Å². The van der Waals surface area contributed by atoms with Gasteiger partial charge in [0.15, 0.2) is 0 Å². The van der Waals surface area contributed by atoms with Crippen molar-refractivity contribution in [2.75, 3.05) is 13.2 Å². The molecule has 2 nitrogen and oxygen atoms in total. The van der Waals surface area contributed by atoms with Crippen LogP contribution in [0.25, 0.3) is 0 Å². The number of rotatable bonds is 4. The van der Waals surface area contributed by atoms with Gasteiger partial charge in [-0.05, 0) is 25.3 Å². The molecular weight excluding hydrogens is 186 g/mol. The molecule has 1 aromatic rings. The molecule has 0 saturated carbocycles. The fourth-order valence-electron chi connectivity index (χ4n) is 1.89. The van der Waals surface area contributed by atoms with Gasteiger partial charge in [0.2, 0.25) is 0 Å². The molecule has 0 amide bonds. The number of benzene rings is 1. The standard InChI is InChI=1S/C13H19NO/c1-11-4-6-12(7-5-11)9-14-10-13-3-2-8-15-13/h4-7,13-14H,2-3,8-10H2,1H3. The molecule has 0 bridgehead atoms. The molecule has 82 valence electrons. The summed E-state index contributed by atoms with van der Waals surface area (Å²) >= 11 is 0. The van der Waals surface area contributed by atoms with Crippen molar-refractivity contribution in [2.45, 2.75) is 32.4 Å². The first-order chi connectivity index (χ1) is 7.34. The van der Waals surface area contributed by atoms with Gasteiger partial charge < -0.3 is 10.1 Å². The average molecular weight is 205 g/mol. The zero-order chi connectivity index (χ0) is 10.5. The van der Waals surface area contributed by atoms with Gasteiger partial charge in [0.1, 0.15) is 0 Å². The molecule has 1 fully saturated rings. The summed E-state index contributed by atoms with van der Waals surface area (Å²) in [5.41, 5.74) is 2.66. The van der Waals surface area contributed by atoms with Crippen molar-refractivity contribution in [2.24, 2.45) is 0 Å². The summed E-state index contributed by atoms with van der Waals surface area (Å²) in [7, 11) is 0. The first kappa shape index (κ1) is 10.7. The number of hydrogen-bond donors (Lipinski definition) is 1. The zero-order valence-corrected chi connectivity index (χ0v) is 9.33. The van der Waals surface area contributed by atoms with Crippen molar-refractivity contribution in [3.8, 4) is 0 Å². The van der Waals surface area contributed by atoms with Gasteiger partial charge in [-0.15, -0.1) is 0 Å². The largest absolute Gasteiger partial charge is 0.377 e. The van der Waals surface area contributed by atoms with Crippen molar-refractivity contribution >= 4 is 0 Å². The Morgan fingerprint density at radius 1 is 1.33 bits per heavy atom. The van der Waals surface area contributed by atoms with Crippen LogP contribution in [0.2, 0.25) is 0 Å². The lowest BCUT2D eigenvalue weighted by atomic mass is 10.1. The number of hydrogen-bond acceptors (Lipinski definition) is 2. The average Bonchev–Trinajstić information content (AvgIpc) is 2.74. The number of nitrogens with one attached hydrogen (secondary N) is 1. The van der Waals surface area contributed by atoms with E-state index >= 15 is 0 Å². The molecule has 0 aromatic heterocycles. The van der Waals surface area contributed by atoms with Crippen molar-refractivity contribution in [1.82, 2.24) is 5.32 Å². The molecule has 0 radical (unpaired) electrons. The lowest BCUT2D eigenvalue weighted by molar-refractivity contribution is 0.110. The van der Waals surface area contributed by atoms with E-state index in [2.05, 4.69) is 36.5 Å². The Bertz CT molecular complexity index is 288. The SMILES string of the molecule is Cc1ccc(CNCC2CCCO2)cc1. The topological polar surface area (TPSA) is 21.3 Å². The summed E-state index contributed by atoms with van der Waals surface area (Å²) in [6.07, 6.45) is 2.87. The molecule has 2 heteroatoms. The van der Waals surface area contributed by atoms with Crippen molar-refractivity contribution in [3.63, 3.8) is 0 Å². The highest BCUT2D eigenvalue weighted by Gasteiger charge is 2.14. The van der Waals surface area contributed by atoms with Crippen LogP contribution in [0, 0.1) is 6.92 Å². The predicted molar refractivity (Wildman–Crippen MR) is 61.9 cm³/mol. The third-order valence-electron chi connectivity index (χ3n) is 2.85. The normalized spacial score (nSPS) is 20.7. The second-order valence-electron chi connectivity index (χ2n) is 4.25. The Hall–Kier alpha value is -0.860. The van der Waals surface area contributed by atoms with E-state index in [0.29, 0.717) is 6.10 Å². The van der Waals surface area contributed by atoms with E-state index in [4.69, 9.17) is 4.74 Å². The minimum atomic E-state index is 0.440. The van der Waals surface area contributed by atoms with Crippen LogP contribution in [-0.2, 0) is 11.3 Å². The molecule has 1 N–H and O–H groups in total. The lowest BCUT2D eigenvalue weighted by Crippen LogP contribution is -2.25. The maximum atomic E-state index is 5.55. The maximum Gasteiger partial charge on any atom is 0.0700 e. The van der Waals surface area contributed by atoms with E-state index in [1.54, 1.807) is 0 Å². The fraction of sp³-hybridized carbons (Fsp3) is 0.538. The molecule has 0 spiro atoms. The van der Waals surface area contributed by atoms with Crippen LogP contribution in [0.1, 0.15) is 24.0 Å². The van der Waals surface area contributed by atoms with Gasteiger partial charge in [-0.2, -0.15) is 0 Å². The van der Waals surface area contributed by atoms with Crippen LogP contribution < -0.4 is 5.32 Å². The Morgan fingerprint density at radius 2 is 2.13 bits per heavy atom. The highest BCUT2D eigenvalue weighted by Crippen LogP contribution is 2.10. The van der Waals surface area contributed by atoms with E-state index in [0.717, 1.165) is 19.7 Å². The molecule has 15 heavy (non-hydrogen) atoms. The van der Waals surface area contributed by atoms with Crippen LogP contribution in [0.5, 0.6) is 0 Å². The predicted octanol–water partition coefficient (Wildman–Crippen LogP) is 2.26. The third-order valence-corrected chi connectivity index (χ3v) is 2.85. The van der Waals surface area contributed by atoms with Gasteiger partial charge >= 0.3 is 0 Å². The Morgan fingerprint density at radius 3 is 2.80 bits per heavy atom. The van der Waals surface area contributed by atoms with E-state index in [1.807, 2.05) is 0 Å². The molecule has 1 aliphatic rings.